The largest absolute Gasteiger partial charge is 0.490 e. The molecule has 33 heavy (non-hydrogen) atoms. The molecule has 1 aromatic heterocycles. The number of aliphatic carboxylic acids is 1. The Kier molecular flexibility index (Phi) is 6.99. The summed E-state index contributed by atoms with van der Waals surface area (Å²) >= 11 is 0. The van der Waals surface area contributed by atoms with Crippen molar-refractivity contribution in [1.29, 1.82) is 0 Å². The summed E-state index contributed by atoms with van der Waals surface area (Å²) in [6.07, 6.45) is 0.240. The van der Waals surface area contributed by atoms with Gasteiger partial charge in [0, 0.05) is 43.4 Å². The Bertz CT molecular complexity index is 1020. The Morgan fingerprint density at radius 1 is 1.12 bits per heavy atom. The molecule has 4 rings (SSSR count). The molecule has 1 atom stereocenters. The highest BCUT2D eigenvalue weighted by molar-refractivity contribution is 5.94. The third-order valence-electron chi connectivity index (χ3n) is 5.81. The lowest BCUT2D eigenvalue weighted by Gasteiger charge is -2.43. The van der Waals surface area contributed by atoms with E-state index in [1.165, 1.54) is 12.1 Å². The fraction of sp³-hybridized carbons (Fsp3) is 0.364. The standard InChI is InChI=1S/C20H20FN3O2.C2HF3O2/c21-16-3-1-2-15(12-16)19(26)24-10-6-20(7-11-24)17(13-18(25)23-20)14-4-8-22-9-5-14;3-2(4,5)1(6)7/h1-5,8-9,12,17H,6-7,10-11,13H2,(H,23,25);(H,6,7). The van der Waals surface area contributed by atoms with Crippen LogP contribution in [0.4, 0.5) is 17.6 Å². The maximum atomic E-state index is 13.4. The number of hydrogen-bond donors (Lipinski definition) is 2. The number of nitrogens with one attached hydrogen (secondary N) is 1. The molecule has 2 aliphatic heterocycles. The molecule has 176 valence electrons. The first-order valence-corrected chi connectivity index (χ1v) is 10.1. The number of piperidine rings is 1. The predicted octanol–water partition coefficient (Wildman–Crippen LogP) is 3.13. The molecule has 0 saturated carbocycles. The molecule has 7 nitrogen and oxygen atoms in total. The monoisotopic (exact) mass is 467 g/mol. The van der Waals surface area contributed by atoms with Crippen LogP contribution in [0, 0.1) is 5.82 Å². The molecular formula is C22H21F4N3O4. The van der Waals surface area contributed by atoms with Crippen LogP contribution in [-0.2, 0) is 9.59 Å². The fourth-order valence-electron chi connectivity index (χ4n) is 4.22. The van der Waals surface area contributed by atoms with Gasteiger partial charge in [-0.1, -0.05) is 6.07 Å². The number of benzene rings is 1. The number of carbonyl (C=O) groups is 3. The molecule has 0 aliphatic carbocycles. The molecular weight excluding hydrogens is 446 g/mol. The summed E-state index contributed by atoms with van der Waals surface area (Å²) in [6, 6.07) is 9.69. The lowest BCUT2D eigenvalue weighted by Crippen LogP contribution is -2.54. The third-order valence-corrected chi connectivity index (χ3v) is 5.81. The summed E-state index contributed by atoms with van der Waals surface area (Å²) < 4.78 is 45.1. The number of amides is 2. The highest BCUT2D eigenvalue weighted by Gasteiger charge is 2.49. The number of carboxylic acids is 1. The van der Waals surface area contributed by atoms with Gasteiger partial charge in [0.25, 0.3) is 5.91 Å². The van der Waals surface area contributed by atoms with E-state index in [1.807, 2.05) is 12.1 Å². The van der Waals surface area contributed by atoms with Crippen molar-refractivity contribution in [2.45, 2.75) is 36.9 Å². The lowest BCUT2D eigenvalue weighted by molar-refractivity contribution is -0.192. The fourth-order valence-corrected chi connectivity index (χ4v) is 4.22. The first kappa shape index (κ1) is 24.1. The van der Waals surface area contributed by atoms with Gasteiger partial charge in [0.1, 0.15) is 5.82 Å². The van der Waals surface area contributed by atoms with Crippen LogP contribution in [-0.4, -0.2) is 57.6 Å². The Balaban J connectivity index is 0.000000383. The Labute approximate surface area is 186 Å². The zero-order chi connectivity index (χ0) is 24.2. The molecule has 0 radical (unpaired) electrons. The van der Waals surface area contributed by atoms with E-state index in [0.717, 1.165) is 5.56 Å². The zero-order valence-corrected chi connectivity index (χ0v) is 17.3. The number of alkyl halides is 3. The van der Waals surface area contributed by atoms with Gasteiger partial charge in [-0.05, 0) is 48.7 Å². The Morgan fingerprint density at radius 3 is 2.27 bits per heavy atom. The topological polar surface area (TPSA) is 99.6 Å². The Hall–Kier alpha value is -3.50. The molecule has 2 aliphatic rings. The second-order valence-corrected chi connectivity index (χ2v) is 7.85. The Morgan fingerprint density at radius 2 is 1.73 bits per heavy atom. The van der Waals surface area contributed by atoms with Gasteiger partial charge < -0.3 is 15.3 Å². The molecule has 2 fully saturated rings. The van der Waals surface area contributed by atoms with E-state index < -0.39 is 18.0 Å². The van der Waals surface area contributed by atoms with Gasteiger partial charge in [-0.3, -0.25) is 14.6 Å². The van der Waals surface area contributed by atoms with E-state index in [0.29, 0.717) is 37.9 Å². The minimum absolute atomic E-state index is 0.0525. The summed E-state index contributed by atoms with van der Waals surface area (Å²) in [5.74, 6) is -3.19. The van der Waals surface area contributed by atoms with Crippen LogP contribution in [0.25, 0.3) is 0 Å². The highest BCUT2D eigenvalue weighted by atomic mass is 19.4. The van der Waals surface area contributed by atoms with Crippen LogP contribution in [0.3, 0.4) is 0 Å². The number of hydrogen-bond acceptors (Lipinski definition) is 4. The number of aromatic nitrogens is 1. The van der Waals surface area contributed by atoms with Crippen LogP contribution in [0.2, 0.25) is 0 Å². The molecule has 1 aromatic carbocycles. The molecule has 11 heteroatoms. The van der Waals surface area contributed by atoms with Crippen LogP contribution in [0.1, 0.15) is 41.1 Å². The molecule has 0 bridgehead atoms. The summed E-state index contributed by atoms with van der Waals surface area (Å²) in [5, 5.41) is 10.3. The van der Waals surface area contributed by atoms with Gasteiger partial charge in [0.15, 0.2) is 0 Å². The predicted molar refractivity (Wildman–Crippen MR) is 108 cm³/mol. The first-order valence-electron chi connectivity index (χ1n) is 10.1. The minimum Gasteiger partial charge on any atom is -0.475 e. The number of likely N-dealkylation sites (tertiary alicyclic amines) is 1. The van der Waals surface area contributed by atoms with Crippen molar-refractivity contribution < 1.29 is 37.1 Å². The summed E-state index contributed by atoms with van der Waals surface area (Å²) in [4.78, 5) is 39.5. The quantitative estimate of drug-likeness (QED) is 0.662. The number of halogens is 4. The van der Waals surface area contributed by atoms with Gasteiger partial charge in [-0.15, -0.1) is 0 Å². The van der Waals surface area contributed by atoms with Crippen molar-refractivity contribution in [1.82, 2.24) is 15.2 Å². The van der Waals surface area contributed by atoms with E-state index in [1.54, 1.807) is 29.4 Å². The van der Waals surface area contributed by atoms with Crippen molar-refractivity contribution >= 4 is 17.8 Å². The lowest BCUT2D eigenvalue weighted by atomic mass is 9.74. The third kappa shape index (κ3) is 5.65. The normalized spacial score (nSPS) is 19.5. The second kappa shape index (κ2) is 9.55. The highest BCUT2D eigenvalue weighted by Crippen LogP contribution is 2.43. The van der Waals surface area contributed by atoms with Crippen LogP contribution in [0.15, 0.2) is 48.8 Å². The van der Waals surface area contributed by atoms with E-state index in [-0.39, 0.29) is 23.3 Å². The average Bonchev–Trinajstić information content (AvgIpc) is 3.09. The van der Waals surface area contributed by atoms with Crippen LogP contribution < -0.4 is 5.32 Å². The molecule has 2 saturated heterocycles. The van der Waals surface area contributed by atoms with E-state index >= 15 is 0 Å². The number of carbonyl (C=O) groups excluding carboxylic acids is 2. The van der Waals surface area contributed by atoms with Gasteiger partial charge in [-0.25, -0.2) is 9.18 Å². The average molecular weight is 467 g/mol. The van der Waals surface area contributed by atoms with Gasteiger partial charge in [0.2, 0.25) is 5.91 Å². The number of carboxylic acid groups (broad SMARTS) is 1. The van der Waals surface area contributed by atoms with E-state index in [4.69, 9.17) is 9.90 Å². The minimum atomic E-state index is -5.08. The number of pyridine rings is 1. The van der Waals surface area contributed by atoms with Gasteiger partial charge in [0.05, 0.1) is 5.54 Å². The van der Waals surface area contributed by atoms with Crippen molar-refractivity contribution in [3.05, 3.63) is 65.7 Å². The van der Waals surface area contributed by atoms with Crippen molar-refractivity contribution in [2.75, 3.05) is 13.1 Å². The summed E-state index contributed by atoms with van der Waals surface area (Å²) in [5.41, 5.74) is 1.14. The van der Waals surface area contributed by atoms with Crippen molar-refractivity contribution in [3.63, 3.8) is 0 Å². The number of nitrogens with zero attached hydrogens (tertiary/aromatic N) is 2. The molecule has 2 N–H and O–H groups in total. The second-order valence-electron chi connectivity index (χ2n) is 7.85. The SMILES string of the molecule is O=C(O)C(F)(F)F.O=C1CC(c2ccncc2)C2(CCN(C(=O)c3cccc(F)c3)CC2)N1. The molecule has 2 amide bonds. The molecule has 1 unspecified atom stereocenters. The van der Waals surface area contributed by atoms with Crippen molar-refractivity contribution in [3.8, 4) is 0 Å². The maximum absolute atomic E-state index is 13.4. The van der Waals surface area contributed by atoms with Gasteiger partial charge >= 0.3 is 12.1 Å². The van der Waals surface area contributed by atoms with Gasteiger partial charge in [-0.2, -0.15) is 13.2 Å². The first-order chi connectivity index (χ1) is 15.5. The molecule has 3 heterocycles. The summed E-state index contributed by atoms with van der Waals surface area (Å²) in [7, 11) is 0. The van der Waals surface area contributed by atoms with E-state index in [2.05, 4.69) is 10.3 Å². The van der Waals surface area contributed by atoms with Crippen LogP contribution >= 0.6 is 0 Å². The summed E-state index contributed by atoms with van der Waals surface area (Å²) in [6.45, 7) is 1.08. The van der Waals surface area contributed by atoms with Crippen LogP contribution in [0.5, 0.6) is 0 Å². The smallest absolute Gasteiger partial charge is 0.475 e. The van der Waals surface area contributed by atoms with E-state index in [9.17, 15) is 27.2 Å². The maximum Gasteiger partial charge on any atom is 0.490 e. The molecule has 1 spiro atoms. The zero-order valence-electron chi connectivity index (χ0n) is 17.3. The van der Waals surface area contributed by atoms with Crippen molar-refractivity contribution in [2.24, 2.45) is 0 Å². The number of rotatable bonds is 2. The molecule has 2 aromatic rings.